The molecule has 0 saturated carbocycles. The Morgan fingerprint density at radius 3 is 2.61 bits per heavy atom. The van der Waals surface area contributed by atoms with Crippen molar-refractivity contribution in [3.05, 3.63) is 73.1 Å². The maximum Gasteiger partial charge on any atom is 0.261 e. The largest absolute Gasteiger partial charge is 0.493 e. The van der Waals surface area contributed by atoms with Crippen LogP contribution in [-0.2, 0) is 10.0 Å². The van der Waals surface area contributed by atoms with E-state index in [1.54, 1.807) is 61.2 Å². The van der Waals surface area contributed by atoms with Gasteiger partial charge < -0.3 is 9.26 Å². The minimum absolute atomic E-state index is 0.164. The predicted octanol–water partition coefficient (Wildman–Crippen LogP) is 3.56. The molecule has 0 atom stereocenters. The van der Waals surface area contributed by atoms with Crippen LogP contribution in [0.3, 0.4) is 0 Å². The molecule has 0 unspecified atom stereocenters. The number of rotatable bonds is 6. The number of benzene rings is 1. The predicted molar refractivity (Wildman–Crippen MR) is 120 cm³/mol. The van der Waals surface area contributed by atoms with Gasteiger partial charge in [-0.3, -0.25) is 14.1 Å². The summed E-state index contributed by atoms with van der Waals surface area (Å²) in [5.41, 5.74) is 2.93. The van der Waals surface area contributed by atoms with E-state index in [9.17, 15) is 8.42 Å². The molecule has 0 aliphatic carbocycles. The average Bonchev–Trinajstić information content (AvgIpc) is 3.45. The molecular formula is C22H18N6O4S. The third-order valence-corrected chi connectivity index (χ3v) is 6.32. The fourth-order valence-corrected chi connectivity index (χ4v) is 4.46. The maximum absolute atomic E-state index is 12.7. The second-order valence-corrected chi connectivity index (χ2v) is 8.83. The number of anilines is 1. The quantitative estimate of drug-likeness (QED) is 0.406. The van der Waals surface area contributed by atoms with Gasteiger partial charge in [0, 0.05) is 30.4 Å². The Morgan fingerprint density at radius 1 is 1.06 bits per heavy atom. The SMILES string of the molecule is COc1cc(-c2cncc(NS(=O)(=O)c3ccccc3)c2)cn2c(-c3noc(C)n3)cnc12. The van der Waals surface area contributed by atoms with Crippen LogP contribution in [0.15, 0.2) is 76.7 Å². The highest BCUT2D eigenvalue weighted by molar-refractivity contribution is 7.92. The van der Waals surface area contributed by atoms with Crippen molar-refractivity contribution in [2.24, 2.45) is 0 Å². The number of nitrogens with zero attached hydrogens (tertiary/aromatic N) is 5. The molecule has 33 heavy (non-hydrogen) atoms. The van der Waals surface area contributed by atoms with E-state index in [0.717, 1.165) is 5.56 Å². The molecule has 5 rings (SSSR count). The number of aromatic nitrogens is 5. The van der Waals surface area contributed by atoms with E-state index < -0.39 is 10.0 Å². The summed E-state index contributed by atoms with van der Waals surface area (Å²) in [5.74, 6) is 1.35. The molecule has 10 nitrogen and oxygen atoms in total. The molecule has 1 aromatic carbocycles. The molecule has 0 aliphatic rings. The molecule has 0 bridgehead atoms. The van der Waals surface area contributed by atoms with E-state index in [4.69, 9.17) is 9.26 Å². The summed E-state index contributed by atoms with van der Waals surface area (Å²) in [5, 5.41) is 3.97. The summed E-state index contributed by atoms with van der Waals surface area (Å²) in [6.45, 7) is 1.71. The van der Waals surface area contributed by atoms with Crippen LogP contribution >= 0.6 is 0 Å². The Balaban J connectivity index is 1.57. The second kappa shape index (κ2) is 8.02. The zero-order valence-electron chi connectivity index (χ0n) is 17.6. The van der Waals surface area contributed by atoms with Crippen molar-refractivity contribution in [2.75, 3.05) is 11.8 Å². The number of nitrogens with one attached hydrogen (secondary N) is 1. The summed E-state index contributed by atoms with van der Waals surface area (Å²) < 4.78 is 40.4. The lowest BCUT2D eigenvalue weighted by Gasteiger charge is -2.11. The van der Waals surface area contributed by atoms with E-state index in [2.05, 4.69) is 24.8 Å². The van der Waals surface area contributed by atoms with Crippen LogP contribution in [0.1, 0.15) is 5.89 Å². The molecule has 0 saturated heterocycles. The Labute approximate surface area is 188 Å². The van der Waals surface area contributed by atoms with Crippen molar-refractivity contribution in [1.29, 1.82) is 0 Å². The minimum Gasteiger partial charge on any atom is -0.493 e. The molecule has 0 spiro atoms. The number of hydrogen-bond donors (Lipinski definition) is 1. The lowest BCUT2D eigenvalue weighted by molar-refractivity contribution is 0.394. The van der Waals surface area contributed by atoms with E-state index >= 15 is 0 Å². The first-order chi connectivity index (χ1) is 15.9. The molecule has 0 radical (unpaired) electrons. The van der Waals surface area contributed by atoms with Crippen molar-refractivity contribution in [1.82, 2.24) is 24.5 Å². The monoisotopic (exact) mass is 462 g/mol. The molecule has 0 aliphatic heterocycles. The number of sulfonamides is 1. The fraction of sp³-hybridized carbons (Fsp3) is 0.0909. The Kier molecular flexibility index (Phi) is 5.02. The number of imidazole rings is 1. The van der Waals surface area contributed by atoms with Gasteiger partial charge in [-0.1, -0.05) is 23.4 Å². The summed E-state index contributed by atoms with van der Waals surface area (Å²) in [7, 11) is -2.20. The third kappa shape index (κ3) is 3.89. The van der Waals surface area contributed by atoms with Crippen LogP contribution in [0, 0.1) is 6.92 Å². The highest BCUT2D eigenvalue weighted by atomic mass is 32.2. The Hall–Kier alpha value is -4.25. The molecule has 4 aromatic heterocycles. The zero-order valence-corrected chi connectivity index (χ0v) is 18.4. The summed E-state index contributed by atoms with van der Waals surface area (Å²) in [6.07, 6.45) is 6.55. The highest BCUT2D eigenvalue weighted by Crippen LogP contribution is 2.31. The third-order valence-electron chi connectivity index (χ3n) is 4.93. The summed E-state index contributed by atoms with van der Waals surface area (Å²) >= 11 is 0. The van der Waals surface area contributed by atoms with Gasteiger partial charge in [-0.05, 0) is 24.3 Å². The van der Waals surface area contributed by atoms with Crippen LogP contribution in [0.5, 0.6) is 5.75 Å². The fourth-order valence-electron chi connectivity index (χ4n) is 3.40. The molecule has 0 amide bonds. The topological polar surface area (TPSA) is 125 Å². The first-order valence-electron chi connectivity index (χ1n) is 9.84. The minimum atomic E-state index is -3.75. The number of ether oxygens (including phenoxy) is 1. The normalized spacial score (nSPS) is 11.6. The van der Waals surface area contributed by atoms with Crippen LogP contribution in [0.25, 0.3) is 28.3 Å². The molecular weight excluding hydrogens is 444 g/mol. The van der Waals surface area contributed by atoms with Crippen molar-refractivity contribution in [3.63, 3.8) is 0 Å². The molecule has 1 N–H and O–H groups in total. The molecule has 0 fully saturated rings. The standard InChI is InChI=1S/C22H18N6O4S/c1-14-25-21(26-32-14)19-12-24-22-20(31-2)9-16(13-28(19)22)15-8-17(11-23-10-15)27-33(29,30)18-6-4-3-5-7-18/h3-13,27H,1-2H3. The van der Waals surface area contributed by atoms with Gasteiger partial charge in [0.25, 0.3) is 10.0 Å². The van der Waals surface area contributed by atoms with E-state index in [1.165, 1.54) is 18.3 Å². The number of pyridine rings is 2. The molecule has 5 aromatic rings. The second-order valence-electron chi connectivity index (χ2n) is 7.15. The van der Waals surface area contributed by atoms with Crippen LogP contribution in [0.4, 0.5) is 5.69 Å². The summed E-state index contributed by atoms with van der Waals surface area (Å²) in [6, 6.07) is 11.6. The van der Waals surface area contributed by atoms with E-state index in [0.29, 0.717) is 40.1 Å². The maximum atomic E-state index is 12.7. The van der Waals surface area contributed by atoms with Crippen molar-refractivity contribution < 1.29 is 17.7 Å². The number of aryl methyl sites for hydroxylation is 1. The van der Waals surface area contributed by atoms with Gasteiger partial charge in [0.2, 0.25) is 11.7 Å². The lowest BCUT2D eigenvalue weighted by Crippen LogP contribution is -2.13. The number of fused-ring (bicyclic) bond motifs is 1. The van der Waals surface area contributed by atoms with Gasteiger partial charge in [-0.25, -0.2) is 13.4 Å². The van der Waals surface area contributed by atoms with E-state index in [-0.39, 0.29) is 4.90 Å². The average molecular weight is 462 g/mol. The van der Waals surface area contributed by atoms with Gasteiger partial charge in [-0.15, -0.1) is 0 Å². The Morgan fingerprint density at radius 2 is 1.88 bits per heavy atom. The lowest BCUT2D eigenvalue weighted by atomic mass is 10.1. The molecule has 4 heterocycles. The van der Waals surface area contributed by atoms with E-state index in [1.807, 2.05) is 6.20 Å². The van der Waals surface area contributed by atoms with Crippen LogP contribution < -0.4 is 9.46 Å². The van der Waals surface area contributed by atoms with Gasteiger partial charge >= 0.3 is 0 Å². The van der Waals surface area contributed by atoms with Crippen molar-refractivity contribution in [2.45, 2.75) is 11.8 Å². The summed E-state index contributed by atoms with van der Waals surface area (Å²) in [4.78, 5) is 13.1. The Bertz CT molecular complexity index is 1560. The van der Waals surface area contributed by atoms with Gasteiger partial charge in [0.1, 0.15) is 5.69 Å². The van der Waals surface area contributed by atoms with Gasteiger partial charge in [-0.2, -0.15) is 4.98 Å². The number of hydrogen-bond acceptors (Lipinski definition) is 8. The zero-order chi connectivity index (χ0) is 23.0. The molecule has 11 heteroatoms. The van der Waals surface area contributed by atoms with Gasteiger partial charge in [0.15, 0.2) is 11.4 Å². The smallest absolute Gasteiger partial charge is 0.261 e. The van der Waals surface area contributed by atoms with Gasteiger partial charge in [0.05, 0.1) is 30.1 Å². The van der Waals surface area contributed by atoms with Crippen LogP contribution in [-0.4, -0.2) is 40.0 Å². The van der Waals surface area contributed by atoms with Crippen molar-refractivity contribution >= 4 is 21.4 Å². The first-order valence-corrected chi connectivity index (χ1v) is 11.3. The van der Waals surface area contributed by atoms with Crippen LogP contribution in [0.2, 0.25) is 0 Å². The first kappa shape index (κ1) is 20.6. The van der Waals surface area contributed by atoms with Crippen molar-refractivity contribution in [3.8, 4) is 28.4 Å². The molecule has 166 valence electrons. The highest BCUT2D eigenvalue weighted by Gasteiger charge is 2.17. The number of methoxy groups -OCH3 is 1.